The second-order valence-electron chi connectivity index (χ2n) is 7.23. The largest absolute Gasteiger partial charge is 0.744 e. The lowest BCUT2D eigenvalue weighted by Gasteiger charge is -2.10. The summed E-state index contributed by atoms with van der Waals surface area (Å²) >= 11 is 0. The summed E-state index contributed by atoms with van der Waals surface area (Å²) in [6.45, 7) is 1.42. The lowest BCUT2D eigenvalue weighted by Crippen LogP contribution is -2.04. The molecule has 4 aromatic rings. The molecule has 0 saturated carbocycles. The Kier molecular flexibility index (Phi) is 6.53. The Hall–Kier alpha value is -4.28. The van der Waals surface area contributed by atoms with Crippen LogP contribution in [0.4, 0.5) is 28.4 Å². The van der Waals surface area contributed by atoms with E-state index in [4.69, 9.17) is 0 Å². The Morgan fingerprint density at radius 1 is 0.794 bits per heavy atom. The number of fused-ring (bicyclic) bond motifs is 1. The Balaban J connectivity index is 1.77. The first-order valence-electron chi connectivity index (χ1n) is 10.1. The van der Waals surface area contributed by atoms with Crippen LogP contribution >= 0.6 is 0 Å². The van der Waals surface area contributed by atoms with Crippen LogP contribution in [-0.4, -0.2) is 18.9 Å². The maximum absolute atomic E-state index is 11.4. The molecule has 0 aromatic heterocycles. The molecule has 0 aliphatic carbocycles. The zero-order chi connectivity index (χ0) is 24.1. The fraction of sp³-hybridized carbons (Fsp3) is 0.0417. The molecule has 0 spiro atoms. The fourth-order valence-electron chi connectivity index (χ4n) is 3.15. The van der Waals surface area contributed by atoms with Gasteiger partial charge >= 0.3 is 0 Å². The SMILES string of the molecule is CC(=O)Nc1ccc(N=Nc2c(N=Nc3ccccc3)ccc3cc(S(=O)(=O)[O-])ccc23)cc1. The molecule has 0 radical (unpaired) electrons. The van der Waals surface area contributed by atoms with Crippen LogP contribution in [0, 0.1) is 0 Å². The van der Waals surface area contributed by atoms with E-state index in [2.05, 4.69) is 25.8 Å². The minimum absolute atomic E-state index is 0.182. The fourth-order valence-corrected chi connectivity index (χ4v) is 3.66. The van der Waals surface area contributed by atoms with Gasteiger partial charge in [-0.15, -0.1) is 10.2 Å². The van der Waals surface area contributed by atoms with E-state index in [1.165, 1.54) is 25.1 Å². The van der Waals surface area contributed by atoms with E-state index in [0.717, 1.165) is 0 Å². The molecular weight excluding hydrogens is 454 g/mol. The van der Waals surface area contributed by atoms with E-state index in [1.807, 2.05) is 18.2 Å². The van der Waals surface area contributed by atoms with Crippen molar-refractivity contribution in [3.05, 3.63) is 84.9 Å². The minimum atomic E-state index is -4.61. The second-order valence-corrected chi connectivity index (χ2v) is 8.61. The number of benzene rings is 4. The highest BCUT2D eigenvalue weighted by Crippen LogP contribution is 2.38. The number of carbonyl (C=O) groups excluding carboxylic acids is 1. The van der Waals surface area contributed by atoms with Crippen LogP contribution in [0.25, 0.3) is 10.8 Å². The van der Waals surface area contributed by atoms with E-state index in [0.29, 0.717) is 39.2 Å². The van der Waals surface area contributed by atoms with E-state index >= 15 is 0 Å². The first-order valence-corrected chi connectivity index (χ1v) is 11.5. The minimum Gasteiger partial charge on any atom is -0.744 e. The molecular formula is C24H18N5O4S-. The maximum Gasteiger partial charge on any atom is 0.221 e. The van der Waals surface area contributed by atoms with Crippen LogP contribution in [-0.2, 0) is 14.9 Å². The van der Waals surface area contributed by atoms with E-state index in [-0.39, 0.29) is 10.8 Å². The van der Waals surface area contributed by atoms with E-state index < -0.39 is 10.1 Å². The number of carbonyl (C=O) groups is 1. The smallest absolute Gasteiger partial charge is 0.221 e. The zero-order valence-corrected chi connectivity index (χ0v) is 18.7. The molecule has 1 amide bonds. The van der Waals surface area contributed by atoms with Gasteiger partial charge in [0.15, 0.2) is 0 Å². The highest BCUT2D eigenvalue weighted by Gasteiger charge is 2.11. The van der Waals surface area contributed by atoms with Crippen LogP contribution in [0.3, 0.4) is 0 Å². The van der Waals surface area contributed by atoms with Gasteiger partial charge in [0.1, 0.15) is 21.5 Å². The normalized spacial score (nSPS) is 11.9. The van der Waals surface area contributed by atoms with Crippen LogP contribution < -0.4 is 5.32 Å². The Bertz CT molecular complexity index is 1520. The van der Waals surface area contributed by atoms with Crippen molar-refractivity contribution >= 4 is 55.2 Å². The van der Waals surface area contributed by atoms with Gasteiger partial charge in [0.25, 0.3) is 0 Å². The summed E-state index contributed by atoms with van der Waals surface area (Å²) in [6, 6.07) is 23.2. The van der Waals surface area contributed by atoms with Crippen molar-refractivity contribution in [2.24, 2.45) is 20.5 Å². The van der Waals surface area contributed by atoms with Crippen molar-refractivity contribution in [2.45, 2.75) is 11.8 Å². The molecule has 0 atom stereocenters. The molecule has 0 heterocycles. The van der Waals surface area contributed by atoms with Gasteiger partial charge in [-0.3, -0.25) is 4.79 Å². The van der Waals surface area contributed by atoms with Crippen molar-refractivity contribution in [1.82, 2.24) is 0 Å². The number of azo groups is 2. The topological polar surface area (TPSA) is 136 Å². The quantitative estimate of drug-likeness (QED) is 0.252. The number of hydrogen-bond acceptors (Lipinski definition) is 8. The molecule has 4 aromatic carbocycles. The predicted molar refractivity (Wildman–Crippen MR) is 127 cm³/mol. The molecule has 0 aliphatic rings. The Morgan fingerprint density at radius 3 is 2.15 bits per heavy atom. The summed E-state index contributed by atoms with van der Waals surface area (Å²) in [5.41, 5.74) is 2.56. The maximum atomic E-state index is 11.4. The first-order chi connectivity index (χ1) is 16.3. The second kappa shape index (κ2) is 9.69. The number of hydrogen-bond donors (Lipinski definition) is 1. The summed E-state index contributed by atoms with van der Waals surface area (Å²) in [5, 5.41) is 20.9. The molecule has 1 N–H and O–H groups in total. The average Bonchev–Trinajstić information content (AvgIpc) is 2.82. The van der Waals surface area contributed by atoms with Crippen molar-refractivity contribution in [2.75, 3.05) is 5.32 Å². The third kappa shape index (κ3) is 5.55. The van der Waals surface area contributed by atoms with Gasteiger partial charge in [-0.05, 0) is 60.0 Å². The van der Waals surface area contributed by atoms with Crippen LogP contribution in [0.2, 0.25) is 0 Å². The van der Waals surface area contributed by atoms with E-state index in [9.17, 15) is 17.8 Å². The van der Waals surface area contributed by atoms with Crippen LogP contribution in [0.15, 0.2) is 110 Å². The average molecular weight is 473 g/mol. The molecule has 0 aliphatic heterocycles. The van der Waals surface area contributed by atoms with Gasteiger partial charge < -0.3 is 9.87 Å². The number of amides is 1. The summed E-state index contributed by atoms with van der Waals surface area (Å²) in [7, 11) is -4.61. The molecule has 0 fully saturated rings. The van der Waals surface area contributed by atoms with Gasteiger partial charge in [0.05, 0.1) is 16.3 Å². The molecule has 0 bridgehead atoms. The molecule has 9 nitrogen and oxygen atoms in total. The predicted octanol–water partition coefficient (Wildman–Crippen LogP) is 6.53. The molecule has 4 rings (SSSR count). The Morgan fingerprint density at radius 2 is 1.47 bits per heavy atom. The summed E-state index contributed by atoms with van der Waals surface area (Å²) < 4.78 is 34.3. The molecule has 34 heavy (non-hydrogen) atoms. The summed E-state index contributed by atoms with van der Waals surface area (Å²) in [6.07, 6.45) is 0. The van der Waals surface area contributed by atoms with Crippen molar-refractivity contribution in [3.8, 4) is 0 Å². The lowest BCUT2D eigenvalue weighted by atomic mass is 10.1. The molecule has 0 unspecified atom stereocenters. The van der Waals surface area contributed by atoms with Gasteiger partial charge in [-0.1, -0.05) is 30.3 Å². The Labute approximate surface area is 195 Å². The highest BCUT2D eigenvalue weighted by atomic mass is 32.2. The lowest BCUT2D eigenvalue weighted by molar-refractivity contribution is -0.114. The first kappa shape index (κ1) is 22.9. The van der Waals surface area contributed by atoms with Crippen LogP contribution in [0.5, 0.6) is 0 Å². The number of rotatable bonds is 6. The number of anilines is 1. The standard InChI is InChI=1S/C24H19N5O4S/c1-16(30)25-18-8-10-20(11-9-18)27-29-24-22-13-12-21(34(31,32)33)15-17(22)7-14-23(24)28-26-19-5-3-2-4-6-19/h2-15H,1H3,(H,25,30)(H,31,32,33)/p-1. The van der Waals surface area contributed by atoms with Crippen LogP contribution in [0.1, 0.15) is 6.92 Å². The van der Waals surface area contributed by atoms with Gasteiger partial charge in [-0.25, -0.2) is 8.42 Å². The third-order valence-corrected chi connectivity index (χ3v) is 5.54. The summed E-state index contributed by atoms with van der Waals surface area (Å²) in [5.74, 6) is -0.182. The van der Waals surface area contributed by atoms with Gasteiger partial charge in [-0.2, -0.15) is 10.2 Å². The van der Waals surface area contributed by atoms with Crippen molar-refractivity contribution in [1.29, 1.82) is 0 Å². The zero-order valence-electron chi connectivity index (χ0n) is 17.9. The molecule has 10 heteroatoms. The molecule has 0 saturated heterocycles. The van der Waals surface area contributed by atoms with Gasteiger partial charge in [0, 0.05) is 18.0 Å². The van der Waals surface area contributed by atoms with Crippen molar-refractivity contribution in [3.63, 3.8) is 0 Å². The third-order valence-electron chi connectivity index (χ3n) is 4.71. The van der Waals surface area contributed by atoms with Crippen molar-refractivity contribution < 1.29 is 17.8 Å². The van der Waals surface area contributed by atoms with Gasteiger partial charge in [0.2, 0.25) is 5.91 Å². The van der Waals surface area contributed by atoms with E-state index in [1.54, 1.807) is 48.5 Å². The number of nitrogens with one attached hydrogen (secondary N) is 1. The number of nitrogens with zero attached hydrogens (tertiary/aromatic N) is 4. The molecule has 170 valence electrons. The summed E-state index contributed by atoms with van der Waals surface area (Å²) in [4.78, 5) is 10.9. The monoisotopic (exact) mass is 472 g/mol. The highest BCUT2D eigenvalue weighted by molar-refractivity contribution is 7.85.